The van der Waals surface area contributed by atoms with Crippen molar-refractivity contribution >= 4 is 0 Å². The van der Waals surface area contributed by atoms with Crippen LogP contribution in [0.3, 0.4) is 0 Å². The molecule has 1 rings (SSSR count). The Morgan fingerprint density at radius 2 is 1.00 bits per heavy atom. The maximum Gasteiger partial charge on any atom is 0.00426 e. The molecule has 0 aromatic carbocycles. The second-order valence-corrected chi connectivity index (χ2v) is 9.85. The number of nitrogens with zero attached hydrogens (tertiary/aromatic N) is 1. The largest absolute Gasteiger partial charge is 0.784 e. The van der Waals surface area contributed by atoms with Gasteiger partial charge in [0, 0.05) is 11.1 Å². The summed E-state index contributed by atoms with van der Waals surface area (Å²) in [5, 5.41) is 14.0. The van der Waals surface area contributed by atoms with Crippen LogP contribution in [0.15, 0.2) is 0 Å². The monoisotopic (exact) mass is 268 g/mol. The molecular formula is C17H34NO-. The lowest BCUT2D eigenvalue weighted by atomic mass is 9.46. The molecule has 1 aliphatic rings. The minimum absolute atomic E-state index is 0.161. The molecule has 0 N–H and O–H groups in total. The van der Waals surface area contributed by atoms with Gasteiger partial charge >= 0.3 is 0 Å². The molecule has 1 aliphatic heterocycles. The van der Waals surface area contributed by atoms with E-state index in [9.17, 15) is 5.21 Å². The van der Waals surface area contributed by atoms with E-state index in [0.29, 0.717) is 0 Å². The SMILES string of the molecule is CC1(C)CC(C(C)(C)C)(C(C)(C)C)CC(C)(C)N1[O-]. The van der Waals surface area contributed by atoms with E-state index in [-0.39, 0.29) is 27.3 Å². The van der Waals surface area contributed by atoms with Gasteiger partial charge in [-0.3, -0.25) is 0 Å². The Hall–Kier alpha value is -0.0800. The molecule has 1 saturated heterocycles. The summed E-state index contributed by atoms with van der Waals surface area (Å²) in [6, 6.07) is 0. The Morgan fingerprint density at radius 1 is 0.737 bits per heavy atom. The van der Waals surface area contributed by atoms with Gasteiger partial charge < -0.3 is 10.3 Å². The number of hydrogen-bond donors (Lipinski definition) is 0. The molecule has 114 valence electrons. The molecule has 1 fully saturated rings. The van der Waals surface area contributed by atoms with E-state index in [4.69, 9.17) is 0 Å². The highest BCUT2D eigenvalue weighted by Crippen LogP contribution is 2.63. The third kappa shape index (κ3) is 2.58. The third-order valence-electron chi connectivity index (χ3n) is 5.44. The fourth-order valence-electron chi connectivity index (χ4n) is 4.69. The summed E-state index contributed by atoms with van der Waals surface area (Å²) in [5.41, 5.74) is -0.0827. The van der Waals surface area contributed by atoms with Crippen molar-refractivity contribution in [3.8, 4) is 0 Å². The zero-order valence-electron chi connectivity index (χ0n) is 14.8. The second kappa shape index (κ2) is 4.21. The lowest BCUT2D eigenvalue weighted by molar-refractivity contribution is -0.157. The molecule has 0 aromatic rings. The van der Waals surface area contributed by atoms with Crippen LogP contribution in [0.2, 0.25) is 0 Å². The first kappa shape index (κ1) is 17.0. The molecule has 0 unspecified atom stereocenters. The van der Waals surface area contributed by atoms with E-state index in [1.807, 2.05) is 0 Å². The van der Waals surface area contributed by atoms with Crippen LogP contribution < -0.4 is 0 Å². The molecule has 0 aliphatic carbocycles. The minimum Gasteiger partial charge on any atom is -0.784 e. The fraction of sp³-hybridized carbons (Fsp3) is 1.00. The second-order valence-electron chi connectivity index (χ2n) is 9.85. The van der Waals surface area contributed by atoms with Gasteiger partial charge in [-0.2, -0.15) is 0 Å². The van der Waals surface area contributed by atoms with Gasteiger partial charge in [-0.1, -0.05) is 41.5 Å². The van der Waals surface area contributed by atoms with Crippen molar-refractivity contribution in [1.82, 2.24) is 5.06 Å². The van der Waals surface area contributed by atoms with Crippen molar-refractivity contribution < 1.29 is 0 Å². The molecule has 0 spiro atoms. The minimum atomic E-state index is -0.303. The van der Waals surface area contributed by atoms with Crippen molar-refractivity contribution in [2.45, 2.75) is 93.2 Å². The highest BCUT2D eigenvalue weighted by Gasteiger charge is 2.58. The Kier molecular flexibility index (Phi) is 3.76. The standard InChI is InChI=1S/C17H34NO/c1-13(2,3)17(14(4,5)6)11-15(7,8)18(19)16(9,10)12-17/h11-12H2,1-10H3/q-1. The van der Waals surface area contributed by atoms with Gasteiger partial charge in [0.15, 0.2) is 0 Å². The van der Waals surface area contributed by atoms with Gasteiger partial charge in [-0.15, -0.1) is 0 Å². The van der Waals surface area contributed by atoms with Crippen LogP contribution in [0.5, 0.6) is 0 Å². The first-order valence-electron chi connectivity index (χ1n) is 7.54. The number of hydrogen-bond acceptors (Lipinski definition) is 2. The summed E-state index contributed by atoms with van der Waals surface area (Å²) in [6.07, 6.45) is 1.92. The Labute approximate surface area is 120 Å². The molecule has 0 atom stereocenters. The van der Waals surface area contributed by atoms with E-state index in [1.165, 1.54) is 5.06 Å². The van der Waals surface area contributed by atoms with Crippen LogP contribution in [0, 0.1) is 21.5 Å². The van der Waals surface area contributed by atoms with E-state index in [1.54, 1.807) is 0 Å². The summed E-state index contributed by atoms with van der Waals surface area (Å²) in [4.78, 5) is 0. The molecule has 2 nitrogen and oxygen atoms in total. The van der Waals surface area contributed by atoms with Crippen molar-refractivity contribution in [3.63, 3.8) is 0 Å². The fourth-order valence-corrected chi connectivity index (χ4v) is 4.69. The molecule has 0 amide bonds. The van der Waals surface area contributed by atoms with Crippen LogP contribution >= 0.6 is 0 Å². The average Bonchev–Trinajstić information content (AvgIpc) is 2.09. The van der Waals surface area contributed by atoms with Crippen molar-refractivity contribution in [2.75, 3.05) is 0 Å². The van der Waals surface area contributed by atoms with Gasteiger partial charge in [0.1, 0.15) is 0 Å². The molecule has 19 heavy (non-hydrogen) atoms. The van der Waals surface area contributed by atoms with E-state index < -0.39 is 0 Å². The Morgan fingerprint density at radius 3 is 1.21 bits per heavy atom. The van der Waals surface area contributed by atoms with Gasteiger partial charge in [0.05, 0.1) is 0 Å². The summed E-state index contributed by atoms with van der Waals surface area (Å²) in [7, 11) is 0. The zero-order chi connectivity index (χ0) is 15.5. The van der Waals surface area contributed by atoms with Gasteiger partial charge in [0.2, 0.25) is 0 Å². The van der Waals surface area contributed by atoms with Crippen LogP contribution in [0.25, 0.3) is 0 Å². The predicted octanol–water partition coefficient (Wildman–Crippen LogP) is 5.22. The molecule has 0 radical (unpaired) electrons. The van der Waals surface area contributed by atoms with E-state index in [0.717, 1.165) is 12.8 Å². The lowest BCUT2D eigenvalue weighted by Gasteiger charge is -2.69. The van der Waals surface area contributed by atoms with Crippen molar-refractivity contribution in [1.29, 1.82) is 0 Å². The normalized spacial score (nSPS) is 27.3. The summed E-state index contributed by atoms with van der Waals surface area (Å²) < 4.78 is 0. The predicted molar refractivity (Wildman–Crippen MR) is 83.9 cm³/mol. The van der Waals surface area contributed by atoms with Crippen molar-refractivity contribution in [3.05, 3.63) is 5.21 Å². The molecule has 0 bridgehead atoms. The van der Waals surface area contributed by atoms with Crippen LogP contribution in [-0.4, -0.2) is 16.1 Å². The van der Waals surface area contributed by atoms with Crippen molar-refractivity contribution in [2.24, 2.45) is 16.2 Å². The Balaban J connectivity index is 3.44. The first-order valence-corrected chi connectivity index (χ1v) is 7.54. The number of hydroxylamine groups is 2. The maximum absolute atomic E-state index is 12.6. The third-order valence-corrected chi connectivity index (χ3v) is 5.44. The van der Waals surface area contributed by atoms with Crippen LogP contribution in [-0.2, 0) is 0 Å². The topological polar surface area (TPSA) is 26.3 Å². The first-order chi connectivity index (χ1) is 8.07. The number of piperidine rings is 1. The lowest BCUT2D eigenvalue weighted by Crippen LogP contribution is -2.66. The van der Waals surface area contributed by atoms with Crippen LogP contribution in [0.1, 0.15) is 82.1 Å². The quantitative estimate of drug-likeness (QED) is 0.602. The molecule has 2 heteroatoms. The Bertz CT molecular complexity index is 307. The van der Waals surface area contributed by atoms with Crippen LogP contribution in [0.4, 0.5) is 0 Å². The smallest absolute Gasteiger partial charge is 0.00426 e. The molecular weight excluding hydrogens is 234 g/mol. The molecule has 0 aromatic heterocycles. The van der Waals surface area contributed by atoms with Gasteiger partial charge in [-0.05, 0) is 56.8 Å². The van der Waals surface area contributed by atoms with E-state index >= 15 is 0 Å². The highest BCUT2D eigenvalue weighted by atomic mass is 16.5. The summed E-state index contributed by atoms with van der Waals surface area (Å²) in [5.74, 6) is 0. The molecule has 1 heterocycles. The van der Waals surface area contributed by atoms with Gasteiger partial charge in [0.25, 0.3) is 0 Å². The van der Waals surface area contributed by atoms with E-state index in [2.05, 4.69) is 69.2 Å². The average molecular weight is 268 g/mol. The maximum atomic E-state index is 12.6. The highest BCUT2D eigenvalue weighted by molar-refractivity contribution is 5.12. The summed E-state index contributed by atoms with van der Waals surface area (Å²) >= 11 is 0. The molecule has 0 saturated carbocycles. The summed E-state index contributed by atoms with van der Waals surface area (Å²) in [6.45, 7) is 22.4. The van der Waals surface area contributed by atoms with Gasteiger partial charge in [-0.25, -0.2) is 0 Å². The zero-order valence-corrected chi connectivity index (χ0v) is 14.8. The number of rotatable bonds is 0.